The Balaban J connectivity index is 2.10. The van der Waals surface area contributed by atoms with Gasteiger partial charge in [0.1, 0.15) is 5.76 Å². The molecule has 35 heavy (non-hydrogen) atoms. The van der Waals surface area contributed by atoms with Crippen LogP contribution in [0.25, 0.3) is 0 Å². The summed E-state index contributed by atoms with van der Waals surface area (Å²) in [4.78, 5) is 42.8. The minimum atomic E-state index is -1.03. The van der Waals surface area contributed by atoms with Crippen molar-refractivity contribution >= 4 is 35.3 Å². The Morgan fingerprint density at radius 3 is 2.63 bits per heavy atom. The lowest BCUT2D eigenvalue weighted by molar-refractivity contribution is -0.153. The average molecular weight is 501 g/mol. The number of anilines is 1. The van der Waals surface area contributed by atoms with Crippen LogP contribution in [0.2, 0.25) is 0 Å². The third-order valence-corrected chi connectivity index (χ3v) is 7.00. The third kappa shape index (κ3) is 6.55. The van der Waals surface area contributed by atoms with E-state index in [0.29, 0.717) is 30.1 Å². The van der Waals surface area contributed by atoms with Gasteiger partial charge in [-0.1, -0.05) is 18.2 Å². The van der Waals surface area contributed by atoms with E-state index in [0.717, 1.165) is 4.90 Å². The minimum absolute atomic E-state index is 0.245. The number of esters is 2. The van der Waals surface area contributed by atoms with Crippen molar-refractivity contribution in [2.24, 2.45) is 5.92 Å². The molecule has 0 spiro atoms. The molecule has 1 aromatic carbocycles. The van der Waals surface area contributed by atoms with Gasteiger partial charge in [0.2, 0.25) is 0 Å². The van der Waals surface area contributed by atoms with E-state index in [1.807, 2.05) is 49.4 Å². The van der Waals surface area contributed by atoms with Crippen molar-refractivity contribution in [2.45, 2.75) is 30.1 Å². The van der Waals surface area contributed by atoms with Gasteiger partial charge in [0.05, 0.1) is 30.2 Å². The van der Waals surface area contributed by atoms with Crippen molar-refractivity contribution in [3.8, 4) is 0 Å². The summed E-state index contributed by atoms with van der Waals surface area (Å²) < 4.78 is 16.2. The van der Waals surface area contributed by atoms with Crippen LogP contribution in [-0.2, 0) is 23.8 Å². The van der Waals surface area contributed by atoms with Crippen LogP contribution in [0.5, 0.6) is 0 Å². The zero-order chi connectivity index (χ0) is 25.5. The fourth-order valence-corrected chi connectivity index (χ4v) is 5.28. The fraction of sp³-hybridized carbons (Fsp3) is 0.423. The summed E-state index contributed by atoms with van der Waals surface area (Å²) in [5.74, 6) is -0.826. The second kappa shape index (κ2) is 12.1. The fourth-order valence-electron chi connectivity index (χ4n) is 3.86. The molecule has 3 unspecified atom stereocenters. The quantitative estimate of drug-likeness (QED) is 0.502. The van der Waals surface area contributed by atoms with Gasteiger partial charge in [-0.15, -0.1) is 11.8 Å². The van der Waals surface area contributed by atoms with Crippen molar-refractivity contribution in [2.75, 3.05) is 45.8 Å². The smallest absolute Gasteiger partial charge is 0.338 e. The summed E-state index contributed by atoms with van der Waals surface area (Å²) in [6, 6.07) is 5.17. The van der Waals surface area contributed by atoms with Gasteiger partial charge in [0.15, 0.2) is 6.10 Å². The second-order valence-electron chi connectivity index (χ2n) is 8.40. The van der Waals surface area contributed by atoms with Crippen LogP contribution in [0.3, 0.4) is 0 Å². The summed E-state index contributed by atoms with van der Waals surface area (Å²) in [5.41, 5.74) is 1.07. The SMILES string of the molecule is CCOC(=O)c1ccc2c(c1)SC(C1C=CC=C(OC)C=C1)C(OC(C)=O)C(=O)N2CCN(C)C. The van der Waals surface area contributed by atoms with Gasteiger partial charge in [0.25, 0.3) is 5.91 Å². The Hall–Kier alpha value is -3.04. The van der Waals surface area contributed by atoms with Gasteiger partial charge in [0, 0.05) is 30.8 Å². The van der Waals surface area contributed by atoms with E-state index in [4.69, 9.17) is 14.2 Å². The molecule has 1 aliphatic heterocycles. The number of benzene rings is 1. The summed E-state index contributed by atoms with van der Waals surface area (Å²) in [7, 11) is 5.44. The van der Waals surface area contributed by atoms with E-state index in [1.54, 1.807) is 37.1 Å². The molecule has 0 radical (unpaired) electrons. The Bertz CT molecular complexity index is 1050. The maximum Gasteiger partial charge on any atom is 0.338 e. The molecule has 0 saturated carbocycles. The number of rotatable bonds is 8. The lowest BCUT2D eigenvalue weighted by Gasteiger charge is -2.30. The first-order valence-electron chi connectivity index (χ1n) is 11.5. The largest absolute Gasteiger partial charge is 0.497 e. The van der Waals surface area contributed by atoms with Crippen LogP contribution in [0.4, 0.5) is 5.69 Å². The van der Waals surface area contributed by atoms with Crippen LogP contribution in [0.1, 0.15) is 24.2 Å². The molecule has 0 bridgehead atoms. The Kier molecular flexibility index (Phi) is 9.17. The van der Waals surface area contributed by atoms with Crippen molar-refractivity contribution in [3.05, 3.63) is 59.9 Å². The number of amides is 1. The van der Waals surface area contributed by atoms with E-state index in [1.165, 1.54) is 18.7 Å². The highest BCUT2D eigenvalue weighted by Gasteiger charge is 2.42. The van der Waals surface area contributed by atoms with Crippen LogP contribution in [-0.4, -0.2) is 75.0 Å². The molecular formula is C26H32N2O6S. The third-order valence-electron chi connectivity index (χ3n) is 5.59. The van der Waals surface area contributed by atoms with E-state index in [-0.39, 0.29) is 18.4 Å². The zero-order valence-electron chi connectivity index (χ0n) is 20.7. The molecule has 2 aliphatic rings. The molecule has 1 aromatic rings. The highest BCUT2D eigenvalue weighted by atomic mass is 32.2. The average Bonchev–Trinajstić information content (AvgIpc) is 3.12. The van der Waals surface area contributed by atoms with Gasteiger partial charge in [-0.3, -0.25) is 9.59 Å². The van der Waals surface area contributed by atoms with Crippen molar-refractivity contribution in [3.63, 3.8) is 0 Å². The van der Waals surface area contributed by atoms with E-state index in [2.05, 4.69) is 0 Å². The second-order valence-corrected chi connectivity index (χ2v) is 9.62. The highest BCUT2D eigenvalue weighted by Crippen LogP contribution is 2.43. The topological polar surface area (TPSA) is 85.4 Å². The van der Waals surface area contributed by atoms with Crippen LogP contribution >= 0.6 is 11.8 Å². The monoisotopic (exact) mass is 500 g/mol. The summed E-state index contributed by atoms with van der Waals surface area (Å²) >= 11 is 1.42. The molecular weight excluding hydrogens is 468 g/mol. The molecule has 188 valence electrons. The molecule has 1 amide bonds. The molecule has 0 aromatic heterocycles. The van der Waals surface area contributed by atoms with Gasteiger partial charge in [-0.05, 0) is 51.4 Å². The number of allylic oxidation sites excluding steroid dienone is 5. The number of thioether (sulfide) groups is 1. The number of carbonyl (C=O) groups excluding carboxylic acids is 3. The van der Waals surface area contributed by atoms with Gasteiger partial charge < -0.3 is 24.0 Å². The molecule has 0 N–H and O–H groups in total. The summed E-state index contributed by atoms with van der Waals surface area (Å²) in [5, 5.41) is -0.468. The number of fused-ring (bicyclic) bond motifs is 1. The van der Waals surface area contributed by atoms with Crippen molar-refractivity contribution < 1.29 is 28.6 Å². The lowest BCUT2D eigenvalue weighted by Crippen LogP contribution is -2.48. The molecule has 0 saturated heterocycles. The molecule has 1 aliphatic carbocycles. The highest BCUT2D eigenvalue weighted by molar-refractivity contribution is 8.00. The normalized spacial score (nSPS) is 21.7. The Morgan fingerprint density at radius 1 is 1.20 bits per heavy atom. The standard InChI is InChI=1S/C26H32N2O6S/c1-6-33-26(31)19-11-13-21-22(16-19)35-24(18-8-7-9-20(32-5)12-10-18)23(34-17(2)29)25(30)28(21)15-14-27(3)4/h7-13,16,18,23-24H,6,14-15H2,1-5H3. The molecule has 8 nitrogen and oxygen atoms in total. The molecule has 0 fully saturated rings. The van der Waals surface area contributed by atoms with Crippen molar-refractivity contribution in [1.82, 2.24) is 4.90 Å². The first-order valence-corrected chi connectivity index (χ1v) is 12.3. The Labute approximate surface area is 210 Å². The maximum atomic E-state index is 13.9. The molecule has 1 heterocycles. The van der Waals surface area contributed by atoms with E-state index in [9.17, 15) is 14.4 Å². The van der Waals surface area contributed by atoms with Crippen molar-refractivity contribution in [1.29, 1.82) is 0 Å². The van der Waals surface area contributed by atoms with E-state index >= 15 is 0 Å². The summed E-state index contributed by atoms with van der Waals surface area (Å²) in [6.07, 6.45) is 8.40. The van der Waals surface area contributed by atoms with E-state index < -0.39 is 23.3 Å². The number of likely N-dealkylation sites (N-methyl/N-ethyl adjacent to an activating group) is 1. The Morgan fingerprint density at radius 2 is 1.97 bits per heavy atom. The number of ether oxygens (including phenoxy) is 3. The first-order chi connectivity index (χ1) is 16.7. The van der Waals surface area contributed by atoms with Gasteiger partial charge in [-0.25, -0.2) is 4.79 Å². The number of methoxy groups -OCH3 is 1. The number of hydrogen-bond donors (Lipinski definition) is 0. The molecule has 3 atom stereocenters. The zero-order valence-corrected chi connectivity index (χ0v) is 21.5. The molecule has 3 rings (SSSR count). The number of nitrogens with zero attached hydrogens (tertiary/aromatic N) is 2. The van der Waals surface area contributed by atoms with Crippen LogP contribution < -0.4 is 4.90 Å². The predicted octanol–water partition coefficient (Wildman–Crippen LogP) is 3.44. The number of carbonyl (C=O) groups is 3. The van der Waals surface area contributed by atoms with Gasteiger partial charge in [-0.2, -0.15) is 0 Å². The van der Waals surface area contributed by atoms with Crippen LogP contribution in [0.15, 0.2) is 59.2 Å². The minimum Gasteiger partial charge on any atom is -0.497 e. The van der Waals surface area contributed by atoms with Crippen LogP contribution in [0, 0.1) is 5.92 Å². The summed E-state index contributed by atoms with van der Waals surface area (Å²) in [6.45, 7) is 4.33. The van der Waals surface area contributed by atoms with Gasteiger partial charge >= 0.3 is 11.9 Å². The number of hydrogen-bond acceptors (Lipinski definition) is 8. The predicted molar refractivity (Wildman–Crippen MR) is 135 cm³/mol. The lowest BCUT2D eigenvalue weighted by atomic mass is 9.98. The first kappa shape index (κ1) is 26.6. The molecule has 9 heteroatoms. The maximum absolute atomic E-state index is 13.9.